The van der Waals surface area contributed by atoms with E-state index in [1.165, 1.54) is 0 Å². The minimum Gasteiger partial charge on any atom is -0.482 e. The summed E-state index contributed by atoms with van der Waals surface area (Å²) < 4.78 is 10.2. The van der Waals surface area contributed by atoms with Gasteiger partial charge in [0.25, 0.3) is 5.91 Å². The molecule has 2 rings (SSSR count). The van der Waals surface area contributed by atoms with Crippen LogP contribution in [0.1, 0.15) is 37.0 Å². The summed E-state index contributed by atoms with van der Waals surface area (Å²) >= 11 is 0. The number of anilines is 2. The zero-order chi connectivity index (χ0) is 20.4. The van der Waals surface area contributed by atoms with Crippen LogP contribution in [-0.4, -0.2) is 38.7 Å². The third-order valence-electron chi connectivity index (χ3n) is 4.17. The summed E-state index contributed by atoms with van der Waals surface area (Å²) in [5.74, 6) is -0.148. The fourth-order valence-corrected chi connectivity index (χ4v) is 2.60. The van der Waals surface area contributed by atoms with Crippen LogP contribution in [0.15, 0.2) is 48.5 Å². The number of nitrogens with one attached hydrogen (secondary N) is 1. The van der Waals surface area contributed by atoms with Gasteiger partial charge in [-0.3, -0.25) is 4.79 Å². The van der Waals surface area contributed by atoms with Crippen LogP contribution in [-0.2, 0) is 9.53 Å². The molecule has 0 aromatic heterocycles. The van der Waals surface area contributed by atoms with Crippen LogP contribution in [0.5, 0.6) is 5.75 Å². The summed E-state index contributed by atoms with van der Waals surface area (Å²) in [6, 6.07) is 14.4. The van der Waals surface area contributed by atoms with E-state index in [1.54, 1.807) is 31.2 Å². The van der Waals surface area contributed by atoms with E-state index in [0.717, 1.165) is 25.1 Å². The Bertz CT molecular complexity index is 774. The van der Waals surface area contributed by atoms with Crippen molar-refractivity contribution in [1.82, 2.24) is 0 Å². The third kappa shape index (κ3) is 6.61. The highest BCUT2D eigenvalue weighted by molar-refractivity contribution is 6.04. The maximum absolute atomic E-state index is 12.5. The molecule has 0 atom stereocenters. The van der Waals surface area contributed by atoms with Crippen LogP contribution >= 0.6 is 0 Å². The van der Waals surface area contributed by atoms with Gasteiger partial charge < -0.3 is 19.7 Å². The van der Waals surface area contributed by atoms with E-state index in [1.807, 2.05) is 31.3 Å². The van der Waals surface area contributed by atoms with Gasteiger partial charge in [0.05, 0.1) is 6.61 Å². The Kier molecular flexibility index (Phi) is 8.34. The molecule has 0 heterocycles. The molecule has 0 aliphatic carbocycles. The molecule has 2 aromatic carbocycles. The highest BCUT2D eigenvalue weighted by Crippen LogP contribution is 2.19. The summed E-state index contributed by atoms with van der Waals surface area (Å²) in [4.78, 5) is 26.0. The molecule has 0 radical (unpaired) electrons. The molecule has 0 spiro atoms. The van der Waals surface area contributed by atoms with Gasteiger partial charge in [0, 0.05) is 36.6 Å². The number of benzene rings is 2. The van der Waals surface area contributed by atoms with Gasteiger partial charge in [-0.25, -0.2) is 4.79 Å². The number of nitrogens with zero attached hydrogens (tertiary/aromatic N) is 1. The monoisotopic (exact) mass is 384 g/mol. The first-order valence-electron chi connectivity index (χ1n) is 9.54. The maximum atomic E-state index is 12.5. The number of hydrogen-bond donors (Lipinski definition) is 1. The Balaban J connectivity index is 1.95. The minimum absolute atomic E-state index is 0.168. The van der Waals surface area contributed by atoms with E-state index in [0.29, 0.717) is 23.6 Å². The smallest absolute Gasteiger partial charge is 0.344 e. The zero-order valence-corrected chi connectivity index (χ0v) is 16.7. The first kappa shape index (κ1) is 21.3. The number of carbonyl (C=O) groups is 2. The number of ether oxygens (including phenoxy) is 2. The summed E-state index contributed by atoms with van der Waals surface area (Å²) in [5.41, 5.74) is 2.25. The van der Waals surface area contributed by atoms with Crippen LogP contribution in [0.3, 0.4) is 0 Å². The molecule has 0 saturated carbocycles. The lowest BCUT2D eigenvalue weighted by Gasteiger charge is -2.19. The Labute approximate surface area is 166 Å². The van der Waals surface area contributed by atoms with Gasteiger partial charge in [0.15, 0.2) is 6.61 Å². The van der Waals surface area contributed by atoms with Crippen molar-refractivity contribution in [3.8, 4) is 5.75 Å². The Morgan fingerprint density at radius 2 is 1.82 bits per heavy atom. The topological polar surface area (TPSA) is 67.9 Å². The highest BCUT2D eigenvalue weighted by atomic mass is 16.6. The first-order valence-corrected chi connectivity index (χ1v) is 9.54. The van der Waals surface area contributed by atoms with Crippen molar-refractivity contribution in [2.75, 3.05) is 37.0 Å². The number of esters is 1. The predicted octanol–water partition coefficient (Wildman–Crippen LogP) is 4.12. The lowest BCUT2D eigenvalue weighted by Crippen LogP contribution is -2.18. The zero-order valence-electron chi connectivity index (χ0n) is 16.7. The molecule has 2 aromatic rings. The SMILES string of the molecule is CCCCN(C)c1ccc(C(=O)Nc2cccc(OCC(=O)OCC)c2)cc1. The summed E-state index contributed by atoms with van der Waals surface area (Å²) in [6.07, 6.45) is 2.28. The molecule has 1 N–H and O–H groups in total. The second-order valence-corrected chi connectivity index (χ2v) is 6.40. The highest BCUT2D eigenvalue weighted by Gasteiger charge is 2.09. The average Bonchev–Trinajstić information content (AvgIpc) is 2.71. The number of amides is 1. The molecule has 0 saturated heterocycles. The summed E-state index contributed by atoms with van der Waals surface area (Å²) in [6.45, 7) is 5.03. The van der Waals surface area contributed by atoms with E-state index >= 15 is 0 Å². The third-order valence-corrected chi connectivity index (χ3v) is 4.17. The van der Waals surface area contributed by atoms with E-state index in [9.17, 15) is 9.59 Å². The van der Waals surface area contributed by atoms with E-state index < -0.39 is 5.97 Å². The molecule has 1 amide bonds. The van der Waals surface area contributed by atoms with Gasteiger partial charge in [0.1, 0.15) is 5.75 Å². The number of carbonyl (C=O) groups excluding carboxylic acids is 2. The van der Waals surface area contributed by atoms with Gasteiger partial charge in [-0.1, -0.05) is 19.4 Å². The molecular formula is C22H28N2O4. The van der Waals surface area contributed by atoms with Crippen LogP contribution in [0.4, 0.5) is 11.4 Å². The van der Waals surface area contributed by atoms with Crippen molar-refractivity contribution in [1.29, 1.82) is 0 Å². The molecule has 28 heavy (non-hydrogen) atoms. The standard InChI is InChI=1S/C22H28N2O4/c1-4-6-14-24(3)19-12-10-17(11-13-19)22(26)23-18-8-7-9-20(15-18)28-16-21(25)27-5-2/h7-13,15H,4-6,14,16H2,1-3H3,(H,23,26). The van der Waals surface area contributed by atoms with Crippen LogP contribution in [0.25, 0.3) is 0 Å². The van der Waals surface area contributed by atoms with Crippen molar-refractivity contribution in [2.45, 2.75) is 26.7 Å². The average molecular weight is 384 g/mol. The number of unbranched alkanes of at least 4 members (excludes halogenated alkanes) is 1. The molecule has 0 aliphatic heterocycles. The molecule has 6 nitrogen and oxygen atoms in total. The predicted molar refractivity (Wildman–Crippen MR) is 111 cm³/mol. The molecule has 0 bridgehead atoms. The Hall–Kier alpha value is -3.02. The molecule has 0 aliphatic rings. The lowest BCUT2D eigenvalue weighted by atomic mass is 10.1. The van der Waals surface area contributed by atoms with Gasteiger partial charge >= 0.3 is 5.97 Å². The summed E-state index contributed by atoms with van der Waals surface area (Å²) in [7, 11) is 2.05. The Morgan fingerprint density at radius 3 is 2.50 bits per heavy atom. The fraction of sp³-hybridized carbons (Fsp3) is 0.364. The van der Waals surface area contributed by atoms with Gasteiger partial charge in [-0.2, -0.15) is 0 Å². The van der Waals surface area contributed by atoms with Crippen LogP contribution in [0, 0.1) is 0 Å². The fourth-order valence-electron chi connectivity index (χ4n) is 2.60. The first-order chi connectivity index (χ1) is 13.5. The molecule has 6 heteroatoms. The van der Waals surface area contributed by atoms with Gasteiger partial charge in [-0.05, 0) is 49.7 Å². The summed E-state index contributed by atoms with van der Waals surface area (Å²) in [5, 5.41) is 2.85. The number of rotatable bonds is 10. The Morgan fingerprint density at radius 1 is 1.07 bits per heavy atom. The van der Waals surface area contributed by atoms with Crippen molar-refractivity contribution >= 4 is 23.3 Å². The second-order valence-electron chi connectivity index (χ2n) is 6.40. The van der Waals surface area contributed by atoms with E-state index in [2.05, 4.69) is 17.1 Å². The minimum atomic E-state index is -0.430. The number of hydrogen-bond acceptors (Lipinski definition) is 5. The molecule has 0 unspecified atom stereocenters. The normalized spacial score (nSPS) is 10.2. The van der Waals surface area contributed by atoms with Crippen molar-refractivity contribution in [3.63, 3.8) is 0 Å². The quantitative estimate of drug-likeness (QED) is 0.624. The van der Waals surface area contributed by atoms with E-state index in [4.69, 9.17) is 9.47 Å². The lowest BCUT2D eigenvalue weighted by molar-refractivity contribution is -0.145. The van der Waals surface area contributed by atoms with Crippen molar-refractivity contribution in [2.24, 2.45) is 0 Å². The van der Waals surface area contributed by atoms with Crippen molar-refractivity contribution in [3.05, 3.63) is 54.1 Å². The molecule has 0 fully saturated rings. The van der Waals surface area contributed by atoms with Crippen molar-refractivity contribution < 1.29 is 19.1 Å². The molecule has 150 valence electrons. The van der Waals surface area contributed by atoms with Gasteiger partial charge in [-0.15, -0.1) is 0 Å². The largest absolute Gasteiger partial charge is 0.482 e. The van der Waals surface area contributed by atoms with Gasteiger partial charge in [0.2, 0.25) is 0 Å². The van der Waals surface area contributed by atoms with Crippen LogP contribution in [0.2, 0.25) is 0 Å². The van der Waals surface area contributed by atoms with E-state index in [-0.39, 0.29) is 12.5 Å². The molecular weight excluding hydrogens is 356 g/mol. The second kappa shape index (κ2) is 11.0. The van der Waals surface area contributed by atoms with Crippen LogP contribution < -0.4 is 15.0 Å². The maximum Gasteiger partial charge on any atom is 0.344 e.